The van der Waals surface area contributed by atoms with Gasteiger partial charge in [-0.25, -0.2) is 0 Å². The number of benzene rings is 1. The predicted molar refractivity (Wildman–Crippen MR) is 95.0 cm³/mol. The Morgan fingerprint density at radius 3 is 2.88 bits per heavy atom. The van der Waals surface area contributed by atoms with Crippen molar-refractivity contribution in [2.24, 2.45) is 17.3 Å². The van der Waals surface area contributed by atoms with Gasteiger partial charge < -0.3 is 9.29 Å². The first kappa shape index (κ1) is 14.9. The molecular formula is C18H24NaO5S. The molecule has 4 rings (SSSR count). The number of hydrogen-bond acceptors (Lipinski definition) is 4. The Morgan fingerprint density at radius 1 is 1.40 bits per heavy atom. The van der Waals surface area contributed by atoms with Crippen LogP contribution in [0.2, 0.25) is 0 Å². The molecule has 0 aromatic heterocycles. The van der Waals surface area contributed by atoms with Crippen LogP contribution >= 0.6 is 0 Å². The molecule has 2 fully saturated rings. The van der Waals surface area contributed by atoms with Gasteiger partial charge in [-0.15, -0.1) is 0 Å². The van der Waals surface area contributed by atoms with Crippen LogP contribution in [0.25, 0.3) is 0 Å². The van der Waals surface area contributed by atoms with Crippen LogP contribution in [0.4, 0.5) is 0 Å². The SMILES string of the molecule is [2H]c1cc2c(c([2H])c1OS(=O)(=O)O)CC[C@@H]1[C@@H]2CC[C@@]2(C)[C@H]1CC([2H])([2H])[C@@H]2O.[Na]. The monoisotopic (exact) mass is 379 g/mol. The van der Waals surface area contributed by atoms with Crippen LogP contribution in [0.5, 0.6) is 5.75 Å². The third kappa shape index (κ3) is 3.42. The molecule has 5 atom stereocenters. The quantitative estimate of drug-likeness (QED) is 0.610. The number of rotatable bonds is 2. The van der Waals surface area contributed by atoms with Gasteiger partial charge in [-0.3, -0.25) is 4.55 Å². The third-order valence-electron chi connectivity index (χ3n) is 6.32. The number of hydrogen-bond donors (Lipinski definition) is 2. The van der Waals surface area contributed by atoms with Crippen molar-refractivity contribution in [1.82, 2.24) is 0 Å². The van der Waals surface area contributed by atoms with Gasteiger partial charge in [0.2, 0.25) is 0 Å². The minimum Gasteiger partial charge on any atom is -0.393 e. The van der Waals surface area contributed by atoms with Crippen molar-refractivity contribution in [1.29, 1.82) is 0 Å². The van der Waals surface area contributed by atoms with Gasteiger partial charge in [0.25, 0.3) is 0 Å². The smallest absolute Gasteiger partial charge is 0.393 e. The Hall–Kier alpha value is -0.110. The Bertz CT molecular complexity index is 941. The zero-order valence-corrected chi connectivity index (χ0v) is 17.3. The molecule has 0 aliphatic heterocycles. The summed E-state index contributed by atoms with van der Waals surface area (Å²) in [5, 5.41) is 10.6. The van der Waals surface area contributed by atoms with E-state index < -0.39 is 34.0 Å². The first-order valence-corrected chi connectivity index (χ1v) is 9.69. The van der Waals surface area contributed by atoms with Crippen LogP contribution in [0, 0.1) is 17.3 Å². The van der Waals surface area contributed by atoms with Crippen LogP contribution in [0.1, 0.15) is 61.5 Å². The molecule has 3 aliphatic carbocycles. The standard InChI is InChI=1S/C18H24O5S.Na/c1-18-9-8-14-13-5-3-12(23-24(20,21)22)10-11(13)2-4-15(14)16(18)6-7-17(18)19;/h3,5,10,14-17,19H,2,4,6-9H2,1H3,(H,20,21,22);/t14-,15-,16+,17+,18+;/m1./s1/i3D,7D2,10D;. The Labute approximate surface area is 177 Å². The van der Waals surface area contributed by atoms with Crippen molar-refractivity contribution >= 4 is 40.0 Å². The number of aliphatic hydroxyl groups is 1. The molecule has 2 N–H and O–H groups in total. The van der Waals surface area contributed by atoms with Crippen molar-refractivity contribution < 1.29 is 27.7 Å². The molecule has 25 heavy (non-hydrogen) atoms. The zero-order valence-electron chi connectivity index (χ0n) is 18.4. The molecular weight excluding hydrogens is 351 g/mol. The third-order valence-corrected chi connectivity index (χ3v) is 6.70. The van der Waals surface area contributed by atoms with Crippen LogP contribution in [0.15, 0.2) is 18.2 Å². The van der Waals surface area contributed by atoms with E-state index >= 15 is 0 Å². The van der Waals surface area contributed by atoms with E-state index in [1.165, 1.54) is 6.07 Å². The van der Waals surface area contributed by atoms with Gasteiger partial charge in [0, 0.05) is 32.3 Å². The summed E-state index contributed by atoms with van der Waals surface area (Å²) in [4.78, 5) is 0. The summed E-state index contributed by atoms with van der Waals surface area (Å²) < 4.78 is 68.3. The van der Waals surface area contributed by atoms with Crippen LogP contribution < -0.4 is 4.18 Å². The minimum atomic E-state index is -4.82. The maximum atomic E-state index is 11.1. The van der Waals surface area contributed by atoms with E-state index in [4.69, 9.17) is 10.0 Å². The Kier molecular flexibility index (Phi) is 4.05. The molecule has 0 spiro atoms. The number of aliphatic hydroxyl groups excluding tert-OH is 1. The fraction of sp³-hybridized carbons (Fsp3) is 0.667. The van der Waals surface area contributed by atoms with Gasteiger partial charge in [0.1, 0.15) is 5.75 Å². The first-order chi connectivity index (χ1) is 12.8. The first-order valence-electron chi connectivity index (χ1n) is 10.3. The summed E-state index contributed by atoms with van der Waals surface area (Å²) in [6.45, 7) is 1.97. The van der Waals surface area contributed by atoms with E-state index in [0.717, 1.165) is 12.0 Å². The second-order valence-electron chi connectivity index (χ2n) is 7.46. The predicted octanol–water partition coefficient (Wildman–Crippen LogP) is 2.70. The summed E-state index contributed by atoms with van der Waals surface area (Å²) in [7, 11) is -4.82. The molecule has 0 unspecified atom stereocenters. The normalized spacial score (nSPS) is 40.9. The minimum absolute atomic E-state index is 0. The summed E-state index contributed by atoms with van der Waals surface area (Å²) >= 11 is 0. The molecule has 2 saturated carbocycles. The molecule has 1 aromatic carbocycles. The molecule has 133 valence electrons. The molecule has 0 bridgehead atoms. The molecule has 0 amide bonds. The van der Waals surface area contributed by atoms with Crippen molar-refractivity contribution in [3.63, 3.8) is 0 Å². The van der Waals surface area contributed by atoms with E-state index in [0.29, 0.717) is 31.2 Å². The fourth-order valence-corrected chi connectivity index (χ4v) is 5.39. The van der Waals surface area contributed by atoms with Crippen molar-refractivity contribution in [2.45, 2.75) is 57.4 Å². The van der Waals surface area contributed by atoms with E-state index in [1.54, 1.807) is 0 Å². The maximum Gasteiger partial charge on any atom is 0.446 e. The molecule has 0 saturated heterocycles. The molecule has 5 nitrogen and oxygen atoms in total. The number of fused-ring (bicyclic) bond motifs is 5. The van der Waals surface area contributed by atoms with Crippen LogP contribution in [0.3, 0.4) is 0 Å². The topological polar surface area (TPSA) is 83.8 Å². The van der Waals surface area contributed by atoms with Gasteiger partial charge in [-0.2, -0.15) is 8.42 Å². The average molecular weight is 379 g/mol. The molecule has 3 aliphatic rings. The van der Waals surface area contributed by atoms with Gasteiger partial charge in [0.05, 0.1) is 8.85 Å². The van der Waals surface area contributed by atoms with Crippen molar-refractivity contribution in [3.05, 3.63) is 29.3 Å². The van der Waals surface area contributed by atoms with E-state index in [2.05, 4.69) is 4.18 Å². The summed E-state index contributed by atoms with van der Waals surface area (Å²) in [6.07, 6.45) is 0.239. The van der Waals surface area contributed by atoms with Gasteiger partial charge in [0.15, 0.2) is 0 Å². The Morgan fingerprint density at radius 2 is 2.16 bits per heavy atom. The molecule has 1 radical (unpaired) electrons. The zero-order chi connectivity index (χ0) is 20.6. The summed E-state index contributed by atoms with van der Waals surface area (Å²) in [6, 6.07) is 1.07. The fourth-order valence-electron chi connectivity index (χ4n) is 5.09. The van der Waals surface area contributed by atoms with Crippen molar-refractivity contribution in [2.75, 3.05) is 0 Å². The van der Waals surface area contributed by atoms with E-state index in [1.807, 2.05) is 6.92 Å². The molecule has 7 heteroatoms. The van der Waals surface area contributed by atoms with Crippen LogP contribution in [-0.4, -0.2) is 53.7 Å². The second-order valence-corrected chi connectivity index (χ2v) is 8.48. The summed E-state index contributed by atoms with van der Waals surface area (Å²) in [5.74, 6) is -0.268. The van der Waals surface area contributed by atoms with Gasteiger partial charge in [-0.05, 0) is 84.9 Å². The second kappa shape index (κ2) is 6.80. The Balaban J connectivity index is 0.00000240. The molecule has 0 heterocycles. The average Bonchev–Trinajstić information content (AvgIpc) is 2.77. The van der Waals surface area contributed by atoms with E-state index in [-0.39, 0.29) is 59.4 Å². The van der Waals surface area contributed by atoms with Crippen molar-refractivity contribution in [3.8, 4) is 5.75 Å². The summed E-state index contributed by atoms with van der Waals surface area (Å²) in [5.41, 5.74) is 0.961. The largest absolute Gasteiger partial charge is 0.446 e. The maximum absolute atomic E-state index is 11.1. The van der Waals surface area contributed by atoms with E-state index in [9.17, 15) is 13.5 Å². The van der Waals surface area contributed by atoms with Gasteiger partial charge in [-0.1, -0.05) is 13.0 Å². The molecule has 1 aromatic rings. The van der Waals surface area contributed by atoms with Gasteiger partial charge >= 0.3 is 10.4 Å². The van der Waals surface area contributed by atoms with Crippen LogP contribution in [-0.2, 0) is 16.8 Å².